The summed E-state index contributed by atoms with van der Waals surface area (Å²) < 4.78 is 0.524. The summed E-state index contributed by atoms with van der Waals surface area (Å²) in [6.07, 6.45) is 0.572. The number of carbonyl (C=O) groups is 2. The number of aromatic carboxylic acids is 1. The number of benzene rings is 1. The zero-order chi connectivity index (χ0) is 14.6. The van der Waals surface area contributed by atoms with Gasteiger partial charge in [0.05, 0.1) is 16.7 Å². The number of carboxylic acids is 1. The summed E-state index contributed by atoms with van der Waals surface area (Å²) in [5.41, 5.74) is 5.20. The number of carbonyl (C=O) groups excluding carboxylic acids is 1. The first-order chi connectivity index (χ1) is 8.85. The molecule has 1 amide bonds. The Labute approximate surface area is 120 Å². The van der Waals surface area contributed by atoms with Gasteiger partial charge in [-0.3, -0.25) is 4.79 Å². The van der Waals surface area contributed by atoms with E-state index in [1.54, 1.807) is 19.1 Å². The van der Waals surface area contributed by atoms with E-state index in [9.17, 15) is 9.59 Å². The van der Waals surface area contributed by atoms with Gasteiger partial charge < -0.3 is 16.2 Å². The standard InChI is InChI=1S/C13H17BrN2O3/c1-3-13(2,7-15)12(19)16-10-8(11(17)18)5-4-6-9(10)14/h4-6H,3,7,15H2,1-2H3,(H,16,19)(H,17,18). The normalized spacial score (nSPS) is 13.7. The second-order valence-electron chi connectivity index (χ2n) is 4.54. The van der Waals surface area contributed by atoms with Crippen molar-refractivity contribution in [3.63, 3.8) is 0 Å². The molecule has 0 aromatic heterocycles. The number of halogens is 1. The maximum Gasteiger partial charge on any atom is 0.337 e. The molecule has 0 radical (unpaired) electrons. The fourth-order valence-corrected chi connectivity index (χ4v) is 1.96. The highest BCUT2D eigenvalue weighted by atomic mass is 79.9. The molecule has 0 aliphatic carbocycles. The molecule has 0 saturated heterocycles. The molecule has 104 valence electrons. The van der Waals surface area contributed by atoms with Crippen LogP contribution in [0.25, 0.3) is 0 Å². The van der Waals surface area contributed by atoms with E-state index in [0.29, 0.717) is 10.9 Å². The third-order valence-corrected chi connectivity index (χ3v) is 3.92. The van der Waals surface area contributed by atoms with Crippen LogP contribution in [0.15, 0.2) is 22.7 Å². The lowest BCUT2D eigenvalue weighted by Gasteiger charge is -2.25. The van der Waals surface area contributed by atoms with Gasteiger partial charge in [-0.05, 0) is 41.4 Å². The van der Waals surface area contributed by atoms with E-state index < -0.39 is 11.4 Å². The minimum Gasteiger partial charge on any atom is -0.478 e. The van der Waals surface area contributed by atoms with Gasteiger partial charge in [-0.25, -0.2) is 4.79 Å². The minimum atomic E-state index is -1.09. The van der Waals surface area contributed by atoms with Crippen LogP contribution in [0.4, 0.5) is 5.69 Å². The van der Waals surface area contributed by atoms with Gasteiger partial charge in [0.2, 0.25) is 5.91 Å². The monoisotopic (exact) mass is 328 g/mol. The van der Waals surface area contributed by atoms with Crippen molar-refractivity contribution in [2.24, 2.45) is 11.1 Å². The first kappa shape index (κ1) is 15.7. The van der Waals surface area contributed by atoms with E-state index in [0.717, 1.165) is 0 Å². The summed E-state index contributed by atoms with van der Waals surface area (Å²) in [5, 5.41) is 11.8. The van der Waals surface area contributed by atoms with Gasteiger partial charge in [0, 0.05) is 11.0 Å². The third kappa shape index (κ3) is 3.33. The molecule has 5 nitrogen and oxygen atoms in total. The Bertz CT molecular complexity index is 499. The van der Waals surface area contributed by atoms with E-state index in [-0.39, 0.29) is 23.7 Å². The van der Waals surface area contributed by atoms with Crippen LogP contribution in [0.3, 0.4) is 0 Å². The van der Waals surface area contributed by atoms with Crippen molar-refractivity contribution in [3.05, 3.63) is 28.2 Å². The molecule has 1 atom stereocenters. The van der Waals surface area contributed by atoms with Crippen LogP contribution in [0.5, 0.6) is 0 Å². The molecular weight excluding hydrogens is 312 g/mol. The van der Waals surface area contributed by atoms with Crippen molar-refractivity contribution < 1.29 is 14.7 Å². The van der Waals surface area contributed by atoms with Crippen molar-refractivity contribution in [3.8, 4) is 0 Å². The van der Waals surface area contributed by atoms with Crippen molar-refractivity contribution in [2.75, 3.05) is 11.9 Å². The average molecular weight is 329 g/mol. The Morgan fingerprint density at radius 1 is 1.47 bits per heavy atom. The Balaban J connectivity index is 3.13. The molecule has 6 heteroatoms. The highest BCUT2D eigenvalue weighted by Crippen LogP contribution is 2.29. The molecule has 4 N–H and O–H groups in total. The highest BCUT2D eigenvalue weighted by Gasteiger charge is 2.31. The van der Waals surface area contributed by atoms with E-state index in [4.69, 9.17) is 10.8 Å². The molecule has 0 saturated carbocycles. The summed E-state index contributed by atoms with van der Waals surface area (Å²) in [5.74, 6) is -1.38. The van der Waals surface area contributed by atoms with Gasteiger partial charge in [-0.1, -0.05) is 13.0 Å². The predicted molar refractivity (Wildman–Crippen MR) is 77.2 cm³/mol. The van der Waals surface area contributed by atoms with Gasteiger partial charge in [0.25, 0.3) is 0 Å². The maximum absolute atomic E-state index is 12.2. The summed E-state index contributed by atoms with van der Waals surface area (Å²) in [6.45, 7) is 3.81. The summed E-state index contributed by atoms with van der Waals surface area (Å²) in [4.78, 5) is 23.4. The molecule has 1 unspecified atom stereocenters. The van der Waals surface area contributed by atoms with E-state index in [2.05, 4.69) is 21.2 Å². The van der Waals surface area contributed by atoms with Crippen LogP contribution in [0.2, 0.25) is 0 Å². The van der Waals surface area contributed by atoms with Crippen LogP contribution in [-0.2, 0) is 4.79 Å². The number of nitrogens with one attached hydrogen (secondary N) is 1. The number of amides is 1. The fraction of sp³-hybridized carbons (Fsp3) is 0.385. The minimum absolute atomic E-state index is 0.0400. The number of carboxylic acid groups (broad SMARTS) is 1. The average Bonchev–Trinajstić information content (AvgIpc) is 2.39. The SMILES string of the molecule is CCC(C)(CN)C(=O)Nc1c(Br)cccc1C(=O)O. The van der Waals surface area contributed by atoms with E-state index in [1.165, 1.54) is 6.07 Å². The first-order valence-corrected chi connectivity index (χ1v) is 6.68. The molecule has 0 spiro atoms. The number of anilines is 1. The van der Waals surface area contributed by atoms with Gasteiger partial charge in [0.1, 0.15) is 0 Å². The Hall–Kier alpha value is -1.40. The molecule has 1 aromatic carbocycles. The molecule has 0 heterocycles. The van der Waals surface area contributed by atoms with Crippen molar-refractivity contribution in [2.45, 2.75) is 20.3 Å². The van der Waals surface area contributed by atoms with E-state index >= 15 is 0 Å². The van der Waals surface area contributed by atoms with Crippen LogP contribution >= 0.6 is 15.9 Å². The zero-order valence-electron chi connectivity index (χ0n) is 10.9. The van der Waals surface area contributed by atoms with Crippen LogP contribution < -0.4 is 11.1 Å². The molecule has 19 heavy (non-hydrogen) atoms. The van der Waals surface area contributed by atoms with Crippen molar-refractivity contribution >= 4 is 33.5 Å². The van der Waals surface area contributed by atoms with Crippen LogP contribution in [0.1, 0.15) is 30.6 Å². The number of para-hydroxylation sites is 1. The summed E-state index contributed by atoms with van der Waals surface area (Å²) in [6, 6.07) is 4.72. The van der Waals surface area contributed by atoms with Crippen LogP contribution in [-0.4, -0.2) is 23.5 Å². The van der Waals surface area contributed by atoms with Crippen molar-refractivity contribution in [1.29, 1.82) is 0 Å². The number of nitrogens with two attached hydrogens (primary N) is 1. The quantitative estimate of drug-likeness (QED) is 0.774. The highest BCUT2D eigenvalue weighted by molar-refractivity contribution is 9.10. The Kier molecular flexibility index (Phi) is 5.08. The number of rotatable bonds is 5. The first-order valence-electron chi connectivity index (χ1n) is 5.89. The molecule has 1 rings (SSSR count). The molecule has 0 fully saturated rings. The topological polar surface area (TPSA) is 92.4 Å². The lowest BCUT2D eigenvalue weighted by Crippen LogP contribution is -2.39. The van der Waals surface area contributed by atoms with E-state index in [1.807, 2.05) is 6.92 Å². The maximum atomic E-state index is 12.2. The molecule has 0 bridgehead atoms. The fourth-order valence-electron chi connectivity index (χ4n) is 1.49. The van der Waals surface area contributed by atoms with Crippen LogP contribution in [0, 0.1) is 5.41 Å². The zero-order valence-corrected chi connectivity index (χ0v) is 12.5. The molecule has 1 aromatic rings. The Morgan fingerprint density at radius 2 is 2.11 bits per heavy atom. The van der Waals surface area contributed by atoms with Gasteiger partial charge in [-0.2, -0.15) is 0 Å². The third-order valence-electron chi connectivity index (χ3n) is 3.26. The number of hydrogen-bond donors (Lipinski definition) is 3. The lowest BCUT2D eigenvalue weighted by atomic mass is 9.86. The van der Waals surface area contributed by atoms with Gasteiger partial charge in [-0.15, -0.1) is 0 Å². The van der Waals surface area contributed by atoms with Gasteiger partial charge >= 0.3 is 5.97 Å². The lowest BCUT2D eigenvalue weighted by molar-refractivity contribution is -0.124. The molecular formula is C13H17BrN2O3. The second kappa shape index (κ2) is 6.16. The predicted octanol–water partition coefficient (Wildman–Crippen LogP) is 2.46. The largest absolute Gasteiger partial charge is 0.478 e. The van der Waals surface area contributed by atoms with Crippen molar-refractivity contribution in [1.82, 2.24) is 0 Å². The molecule has 0 aliphatic rings. The molecule has 0 aliphatic heterocycles. The second-order valence-corrected chi connectivity index (χ2v) is 5.39. The van der Waals surface area contributed by atoms with Gasteiger partial charge in [0.15, 0.2) is 0 Å². The Morgan fingerprint density at radius 3 is 2.58 bits per heavy atom. The summed E-state index contributed by atoms with van der Waals surface area (Å²) in [7, 11) is 0. The smallest absolute Gasteiger partial charge is 0.337 e. The number of hydrogen-bond acceptors (Lipinski definition) is 3. The summed E-state index contributed by atoms with van der Waals surface area (Å²) >= 11 is 3.25.